The molecular formula is C22H20N4O5. The fourth-order valence-electron chi connectivity index (χ4n) is 5.14. The summed E-state index contributed by atoms with van der Waals surface area (Å²) in [6.45, 7) is 0. The number of fused-ring (bicyclic) bond motifs is 4. The van der Waals surface area contributed by atoms with E-state index in [0.717, 1.165) is 4.90 Å². The van der Waals surface area contributed by atoms with Crippen molar-refractivity contribution in [2.75, 3.05) is 17.3 Å². The summed E-state index contributed by atoms with van der Waals surface area (Å²) in [7, 11) is 1.52. The second kappa shape index (κ2) is 6.64. The number of methoxy groups -OCH3 is 1. The first kappa shape index (κ1) is 19.3. The molecule has 3 aliphatic rings. The number of benzene rings is 2. The number of para-hydroxylation sites is 1. The van der Waals surface area contributed by atoms with Gasteiger partial charge in [-0.2, -0.15) is 0 Å². The number of imide groups is 1. The third kappa shape index (κ3) is 2.53. The van der Waals surface area contributed by atoms with Crippen LogP contribution in [-0.2, 0) is 24.7 Å². The van der Waals surface area contributed by atoms with Crippen LogP contribution >= 0.6 is 0 Å². The van der Waals surface area contributed by atoms with Gasteiger partial charge in [-0.15, -0.1) is 0 Å². The monoisotopic (exact) mass is 420 g/mol. The summed E-state index contributed by atoms with van der Waals surface area (Å²) < 4.78 is 5.15. The Morgan fingerprint density at radius 2 is 1.81 bits per heavy atom. The molecule has 4 atom stereocenters. The van der Waals surface area contributed by atoms with Crippen molar-refractivity contribution in [1.29, 1.82) is 0 Å². The number of hydrogen-bond acceptors (Lipinski definition) is 6. The van der Waals surface area contributed by atoms with Gasteiger partial charge in [0.2, 0.25) is 23.6 Å². The number of nitrogens with two attached hydrogens (primary N) is 1. The average Bonchev–Trinajstić information content (AvgIpc) is 3.32. The summed E-state index contributed by atoms with van der Waals surface area (Å²) in [5.41, 5.74) is 5.51. The molecule has 3 aliphatic heterocycles. The Kier molecular flexibility index (Phi) is 4.13. The van der Waals surface area contributed by atoms with Gasteiger partial charge < -0.3 is 15.8 Å². The van der Waals surface area contributed by atoms with E-state index in [-0.39, 0.29) is 6.42 Å². The SMILES string of the molecule is COc1ccc(N2C(=O)[C@H]3[C@H](CC(N)=O)N[C@]4(C(=O)Nc5ccccc54)[C@@H]3C2=O)cc1. The van der Waals surface area contributed by atoms with Gasteiger partial charge in [-0.05, 0) is 30.3 Å². The zero-order valence-corrected chi connectivity index (χ0v) is 16.6. The molecule has 2 saturated heterocycles. The minimum absolute atomic E-state index is 0.173. The quantitative estimate of drug-likeness (QED) is 0.618. The van der Waals surface area contributed by atoms with Gasteiger partial charge >= 0.3 is 0 Å². The number of ether oxygens (including phenoxy) is 1. The molecule has 0 bridgehead atoms. The third-order valence-electron chi connectivity index (χ3n) is 6.37. The molecular weight excluding hydrogens is 400 g/mol. The zero-order chi connectivity index (χ0) is 21.9. The predicted octanol–water partition coefficient (Wildman–Crippen LogP) is 0.496. The van der Waals surface area contributed by atoms with Crippen LogP contribution in [0.3, 0.4) is 0 Å². The second-order valence-electron chi connectivity index (χ2n) is 7.94. The molecule has 5 rings (SSSR count). The molecule has 2 fully saturated rings. The van der Waals surface area contributed by atoms with Crippen LogP contribution in [-0.4, -0.2) is 36.8 Å². The number of primary amides is 1. The standard InChI is InChI=1S/C22H20N4O5/c1-31-12-8-6-11(7-9-12)26-19(28)17-15(10-16(23)27)25-22(18(17)20(26)29)13-4-2-3-5-14(13)24-21(22)30/h2-9,15,17-18,25H,10H2,1H3,(H2,23,27)(H,24,30)/t15-,17-,18-,22-/m0/s1. The van der Waals surface area contributed by atoms with E-state index in [9.17, 15) is 19.2 Å². The van der Waals surface area contributed by atoms with Crippen LogP contribution in [0.1, 0.15) is 12.0 Å². The molecule has 0 radical (unpaired) electrons. The highest BCUT2D eigenvalue weighted by Gasteiger charge is 2.70. The van der Waals surface area contributed by atoms with E-state index in [1.54, 1.807) is 48.5 Å². The molecule has 31 heavy (non-hydrogen) atoms. The van der Waals surface area contributed by atoms with Crippen LogP contribution in [0, 0.1) is 11.8 Å². The Morgan fingerprint density at radius 3 is 2.48 bits per heavy atom. The average molecular weight is 420 g/mol. The van der Waals surface area contributed by atoms with E-state index in [4.69, 9.17) is 10.5 Å². The molecule has 0 unspecified atom stereocenters. The van der Waals surface area contributed by atoms with Crippen LogP contribution in [0.4, 0.5) is 11.4 Å². The minimum atomic E-state index is -1.45. The van der Waals surface area contributed by atoms with E-state index in [1.165, 1.54) is 7.11 Å². The maximum Gasteiger partial charge on any atom is 0.250 e. The molecule has 0 saturated carbocycles. The summed E-state index contributed by atoms with van der Waals surface area (Å²) in [5, 5.41) is 5.96. The maximum absolute atomic E-state index is 13.6. The lowest BCUT2D eigenvalue weighted by molar-refractivity contribution is -0.130. The fourth-order valence-corrected chi connectivity index (χ4v) is 5.14. The number of hydrogen-bond donors (Lipinski definition) is 3. The van der Waals surface area contributed by atoms with Gasteiger partial charge in [0, 0.05) is 23.7 Å². The van der Waals surface area contributed by atoms with Crippen molar-refractivity contribution in [1.82, 2.24) is 5.32 Å². The van der Waals surface area contributed by atoms with Gasteiger partial charge in [0.25, 0.3) is 0 Å². The molecule has 2 aromatic rings. The number of carbonyl (C=O) groups excluding carboxylic acids is 4. The van der Waals surface area contributed by atoms with Crippen molar-refractivity contribution in [2.45, 2.75) is 18.0 Å². The Labute approximate surface area is 177 Å². The molecule has 4 N–H and O–H groups in total. The molecule has 158 valence electrons. The lowest BCUT2D eigenvalue weighted by atomic mass is 9.76. The van der Waals surface area contributed by atoms with Crippen molar-refractivity contribution >= 4 is 35.0 Å². The van der Waals surface area contributed by atoms with E-state index >= 15 is 0 Å². The molecule has 4 amide bonds. The van der Waals surface area contributed by atoms with Crippen LogP contribution in [0.15, 0.2) is 48.5 Å². The predicted molar refractivity (Wildman–Crippen MR) is 110 cm³/mol. The lowest BCUT2D eigenvalue weighted by Crippen LogP contribution is -2.53. The Bertz CT molecular complexity index is 1130. The number of amides is 4. The Hall–Kier alpha value is -3.72. The molecule has 0 aromatic heterocycles. The van der Waals surface area contributed by atoms with E-state index in [1.807, 2.05) is 0 Å². The van der Waals surface area contributed by atoms with Crippen LogP contribution in [0.25, 0.3) is 0 Å². The fraction of sp³-hybridized carbons (Fsp3) is 0.273. The maximum atomic E-state index is 13.6. The highest BCUT2D eigenvalue weighted by Crippen LogP contribution is 2.53. The number of carbonyl (C=O) groups is 4. The van der Waals surface area contributed by atoms with Crippen molar-refractivity contribution in [3.63, 3.8) is 0 Å². The number of anilines is 2. The van der Waals surface area contributed by atoms with Gasteiger partial charge in [0.05, 0.1) is 24.6 Å². The topological polar surface area (TPSA) is 131 Å². The van der Waals surface area contributed by atoms with Crippen molar-refractivity contribution < 1.29 is 23.9 Å². The first-order valence-electron chi connectivity index (χ1n) is 9.87. The normalized spacial score (nSPS) is 28.6. The van der Waals surface area contributed by atoms with Crippen LogP contribution < -0.4 is 26.0 Å². The minimum Gasteiger partial charge on any atom is -0.497 e. The summed E-state index contributed by atoms with van der Waals surface area (Å²) in [6.07, 6.45) is -0.173. The van der Waals surface area contributed by atoms with E-state index in [2.05, 4.69) is 10.6 Å². The Balaban J connectivity index is 1.64. The van der Waals surface area contributed by atoms with E-state index in [0.29, 0.717) is 22.7 Å². The third-order valence-corrected chi connectivity index (χ3v) is 6.37. The lowest BCUT2D eigenvalue weighted by Gasteiger charge is -2.29. The first-order chi connectivity index (χ1) is 14.9. The molecule has 1 spiro atoms. The smallest absolute Gasteiger partial charge is 0.250 e. The second-order valence-corrected chi connectivity index (χ2v) is 7.94. The number of nitrogens with one attached hydrogen (secondary N) is 2. The highest BCUT2D eigenvalue weighted by atomic mass is 16.5. The van der Waals surface area contributed by atoms with Gasteiger partial charge in [-0.1, -0.05) is 18.2 Å². The summed E-state index contributed by atoms with van der Waals surface area (Å²) >= 11 is 0. The Morgan fingerprint density at radius 1 is 1.10 bits per heavy atom. The van der Waals surface area contributed by atoms with Crippen molar-refractivity contribution in [3.05, 3.63) is 54.1 Å². The molecule has 2 aromatic carbocycles. The summed E-state index contributed by atoms with van der Waals surface area (Å²) in [6, 6.07) is 12.8. The largest absolute Gasteiger partial charge is 0.497 e. The van der Waals surface area contributed by atoms with Crippen molar-refractivity contribution in [3.8, 4) is 5.75 Å². The molecule has 9 heteroatoms. The number of rotatable bonds is 4. The highest BCUT2D eigenvalue weighted by molar-refractivity contribution is 6.25. The molecule has 9 nitrogen and oxygen atoms in total. The molecule has 3 heterocycles. The van der Waals surface area contributed by atoms with Gasteiger partial charge in [0.15, 0.2) is 0 Å². The van der Waals surface area contributed by atoms with E-state index < -0.39 is 47.0 Å². The van der Waals surface area contributed by atoms with Gasteiger partial charge in [-0.3, -0.25) is 24.5 Å². The first-order valence-corrected chi connectivity index (χ1v) is 9.87. The van der Waals surface area contributed by atoms with Gasteiger partial charge in [-0.25, -0.2) is 4.90 Å². The van der Waals surface area contributed by atoms with Gasteiger partial charge in [0.1, 0.15) is 11.3 Å². The van der Waals surface area contributed by atoms with Crippen LogP contribution in [0.2, 0.25) is 0 Å². The summed E-state index contributed by atoms with van der Waals surface area (Å²) in [5.74, 6) is -3.33. The van der Waals surface area contributed by atoms with Crippen molar-refractivity contribution in [2.24, 2.45) is 17.6 Å². The summed E-state index contributed by atoms with van der Waals surface area (Å²) in [4.78, 5) is 53.1. The zero-order valence-electron chi connectivity index (χ0n) is 16.6. The number of nitrogens with zero attached hydrogens (tertiary/aromatic N) is 1. The van der Waals surface area contributed by atoms with Crippen LogP contribution in [0.5, 0.6) is 5.75 Å². The molecule has 0 aliphatic carbocycles.